The van der Waals surface area contributed by atoms with Gasteiger partial charge in [-0.15, -0.1) is 0 Å². The molecule has 1 atom stereocenters. The monoisotopic (exact) mass is 258 g/mol. The van der Waals surface area contributed by atoms with E-state index in [2.05, 4.69) is 37.3 Å². The molecule has 0 fully saturated rings. The zero-order valence-electron chi connectivity index (χ0n) is 10.2. The van der Waals surface area contributed by atoms with Crippen molar-refractivity contribution in [1.29, 1.82) is 0 Å². The Morgan fingerprint density at radius 2 is 2.25 bits per heavy atom. The molecule has 0 aromatic carbocycles. The smallest absolute Gasteiger partial charge is 0.133 e. The molecule has 1 rings (SSSR count). The van der Waals surface area contributed by atoms with Crippen LogP contribution in [0, 0.1) is 0 Å². The van der Waals surface area contributed by atoms with E-state index in [0.717, 1.165) is 12.1 Å². The van der Waals surface area contributed by atoms with Crippen LogP contribution in [0.3, 0.4) is 0 Å². The fraction of sp³-hybridized carbons (Fsp3) is 0.583. The first-order valence-electron chi connectivity index (χ1n) is 5.35. The molecular weight excluding hydrogens is 240 g/mol. The van der Waals surface area contributed by atoms with E-state index in [1.54, 1.807) is 6.20 Å². The molecule has 2 nitrogen and oxygen atoms in total. The molecule has 0 radical (unpaired) electrons. The fourth-order valence-electron chi connectivity index (χ4n) is 1.30. The van der Waals surface area contributed by atoms with Gasteiger partial charge in [0, 0.05) is 29.1 Å². The topological polar surface area (TPSA) is 24.9 Å². The van der Waals surface area contributed by atoms with Gasteiger partial charge in [-0.2, -0.15) is 11.8 Å². The summed E-state index contributed by atoms with van der Waals surface area (Å²) in [6, 6.07) is 4.16. The highest BCUT2D eigenvalue weighted by molar-refractivity contribution is 7.99. The van der Waals surface area contributed by atoms with E-state index < -0.39 is 0 Å². The maximum Gasteiger partial charge on any atom is 0.133 e. The van der Waals surface area contributed by atoms with E-state index in [9.17, 15) is 0 Å². The van der Waals surface area contributed by atoms with E-state index in [-0.39, 0.29) is 10.8 Å². The number of aromatic nitrogens is 1. The van der Waals surface area contributed by atoms with Crippen LogP contribution in [0.1, 0.15) is 32.4 Å². The number of halogens is 1. The first-order chi connectivity index (χ1) is 7.46. The number of thioether (sulfide) groups is 1. The summed E-state index contributed by atoms with van der Waals surface area (Å²) in [5.41, 5.74) is 1.06. The quantitative estimate of drug-likeness (QED) is 0.818. The third kappa shape index (κ3) is 3.96. The van der Waals surface area contributed by atoms with Crippen LogP contribution < -0.4 is 5.32 Å². The molecule has 4 heteroatoms. The summed E-state index contributed by atoms with van der Waals surface area (Å²) in [5.74, 6) is 0. The minimum absolute atomic E-state index is 0.229. The Labute approximate surface area is 107 Å². The summed E-state index contributed by atoms with van der Waals surface area (Å²) < 4.78 is 0.239. The third-order valence-corrected chi connectivity index (χ3v) is 4.21. The number of nitrogens with one attached hydrogen (secondary N) is 1. The molecule has 0 amide bonds. The maximum absolute atomic E-state index is 6.05. The standard InChI is InChI=1S/C12H19ClN2S/c1-9(15-8-12(2,3)16-4)10-6-5-7-14-11(10)13/h5-7,9,15H,8H2,1-4H3. The van der Waals surface area contributed by atoms with Gasteiger partial charge in [-0.05, 0) is 33.1 Å². The van der Waals surface area contributed by atoms with Crippen molar-refractivity contribution in [3.8, 4) is 0 Å². The van der Waals surface area contributed by atoms with Gasteiger partial charge in [0.05, 0.1) is 0 Å². The minimum atomic E-state index is 0.229. The van der Waals surface area contributed by atoms with E-state index >= 15 is 0 Å². The van der Waals surface area contributed by atoms with Crippen LogP contribution in [-0.4, -0.2) is 22.5 Å². The molecule has 0 aliphatic heterocycles. The van der Waals surface area contributed by atoms with Gasteiger partial charge in [0.1, 0.15) is 5.15 Å². The lowest BCUT2D eigenvalue weighted by molar-refractivity contribution is 0.522. The number of pyridine rings is 1. The average Bonchev–Trinajstić information content (AvgIpc) is 2.27. The largest absolute Gasteiger partial charge is 0.309 e. The average molecular weight is 259 g/mol. The SMILES string of the molecule is CSC(C)(C)CNC(C)c1cccnc1Cl. The Kier molecular flexibility index (Phi) is 5.09. The lowest BCUT2D eigenvalue weighted by Crippen LogP contribution is -2.33. The fourth-order valence-corrected chi connectivity index (χ4v) is 1.81. The third-order valence-electron chi connectivity index (χ3n) is 2.64. The van der Waals surface area contributed by atoms with Crippen LogP contribution in [0.5, 0.6) is 0 Å². The van der Waals surface area contributed by atoms with E-state index in [1.165, 1.54) is 0 Å². The van der Waals surface area contributed by atoms with Crippen molar-refractivity contribution in [2.45, 2.75) is 31.6 Å². The van der Waals surface area contributed by atoms with Gasteiger partial charge < -0.3 is 5.32 Å². The van der Waals surface area contributed by atoms with Gasteiger partial charge in [0.25, 0.3) is 0 Å². The van der Waals surface area contributed by atoms with E-state index in [0.29, 0.717) is 5.15 Å². The molecule has 1 aromatic heterocycles. The van der Waals surface area contributed by atoms with Gasteiger partial charge in [-0.1, -0.05) is 17.7 Å². The molecule has 0 spiro atoms. The minimum Gasteiger partial charge on any atom is -0.309 e. The van der Waals surface area contributed by atoms with Gasteiger partial charge in [0.15, 0.2) is 0 Å². The van der Waals surface area contributed by atoms with Crippen LogP contribution >= 0.6 is 23.4 Å². The Hall–Kier alpha value is -0.250. The van der Waals surface area contributed by atoms with Crippen molar-refractivity contribution in [3.05, 3.63) is 29.0 Å². The molecule has 1 heterocycles. The second kappa shape index (κ2) is 5.89. The highest BCUT2D eigenvalue weighted by Crippen LogP contribution is 2.23. The summed E-state index contributed by atoms with van der Waals surface area (Å²) in [4.78, 5) is 4.09. The molecule has 1 N–H and O–H groups in total. The predicted octanol–water partition coefficient (Wildman–Crippen LogP) is 3.53. The van der Waals surface area contributed by atoms with Crippen LogP contribution in [0.25, 0.3) is 0 Å². The number of rotatable bonds is 5. The lowest BCUT2D eigenvalue weighted by Gasteiger charge is -2.25. The van der Waals surface area contributed by atoms with Gasteiger partial charge in [0.2, 0.25) is 0 Å². The second-order valence-corrected chi connectivity index (χ2v) is 6.32. The first kappa shape index (κ1) is 13.8. The molecule has 0 saturated heterocycles. The van der Waals surface area contributed by atoms with E-state index in [4.69, 9.17) is 11.6 Å². The summed E-state index contributed by atoms with van der Waals surface area (Å²) in [5, 5.41) is 4.07. The van der Waals surface area contributed by atoms with Crippen molar-refractivity contribution in [2.75, 3.05) is 12.8 Å². The van der Waals surface area contributed by atoms with Gasteiger partial charge >= 0.3 is 0 Å². The van der Waals surface area contributed by atoms with Crippen LogP contribution in [-0.2, 0) is 0 Å². The molecule has 90 valence electrons. The Morgan fingerprint density at radius 3 is 2.81 bits per heavy atom. The Bertz CT molecular complexity index is 342. The van der Waals surface area contributed by atoms with Crippen LogP contribution in [0.4, 0.5) is 0 Å². The predicted molar refractivity (Wildman–Crippen MR) is 73.3 cm³/mol. The first-order valence-corrected chi connectivity index (χ1v) is 6.95. The van der Waals surface area contributed by atoms with Crippen molar-refractivity contribution in [2.24, 2.45) is 0 Å². The lowest BCUT2D eigenvalue weighted by atomic mass is 10.1. The molecule has 0 aliphatic carbocycles. The Morgan fingerprint density at radius 1 is 1.56 bits per heavy atom. The van der Waals surface area contributed by atoms with Crippen LogP contribution in [0.15, 0.2) is 18.3 Å². The summed E-state index contributed by atoms with van der Waals surface area (Å²) in [6.07, 6.45) is 3.84. The Balaban J connectivity index is 2.60. The zero-order chi connectivity index (χ0) is 12.2. The summed E-state index contributed by atoms with van der Waals surface area (Å²) >= 11 is 7.90. The molecule has 16 heavy (non-hydrogen) atoms. The molecular formula is C12H19ClN2S. The molecule has 1 aromatic rings. The molecule has 0 saturated carbocycles. The number of hydrogen-bond donors (Lipinski definition) is 1. The van der Waals surface area contributed by atoms with Crippen molar-refractivity contribution >= 4 is 23.4 Å². The number of hydrogen-bond acceptors (Lipinski definition) is 3. The molecule has 1 unspecified atom stereocenters. The highest BCUT2D eigenvalue weighted by atomic mass is 35.5. The maximum atomic E-state index is 6.05. The second-order valence-electron chi connectivity index (χ2n) is 4.45. The summed E-state index contributed by atoms with van der Waals surface area (Å²) in [7, 11) is 0. The van der Waals surface area contributed by atoms with Crippen molar-refractivity contribution in [3.63, 3.8) is 0 Å². The van der Waals surface area contributed by atoms with E-state index in [1.807, 2.05) is 23.9 Å². The normalized spacial score (nSPS) is 13.8. The van der Waals surface area contributed by atoms with Gasteiger partial charge in [-0.3, -0.25) is 0 Å². The highest BCUT2D eigenvalue weighted by Gasteiger charge is 2.18. The van der Waals surface area contributed by atoms with Crippen molar-refractivity contribution in [1.82, 2.24) is 10.3 Å². The zero-order valence-corrected chi connectivity index (χ0v) is 11.8. The molecule has 0 bridgehead atoms. The van der Waals surface area contributed by atoms with Crippen molar-refractivity contribution < 1.29 is 0 Å². The summed E-state index contributed by atoms with van der Waals surface area (Å²) in [6.45, 7) is 7.50. The number of nitrogens with zero attached hydrogens (tertiary/aromatic N) is 1. The molecule has 0 aliphatic rings. The van der Waals surface area contributed by atoms with Gasteiger partial charge in [-0.25, -0.2) is 4.98 Å². The van der Waals surface area contributed by atoms with Crippen LogP contribution in [0.2, 0.25) is 5.15 Å².